The van der Waals surface area contributed by atoms with E-state index in [-0.39, 0.29) is 12.8 Å². The zero-order valence-electron chi connectivity index (χ0n) is 52.7. The van der Waals surface area contributed by atoms with Crippen LogP contribution >= 0.6 is 7.82 Å². The number of aliphatic hydroxyl groups is 14. The molecule has 3 saturated heterocycles. The SMILES string of the molecule is CCCCCCCC/C=C\CCCCCCCC(=O)OC[C@H](COP(=O)(O)O[C@@H]1C(O[C@@H]2OC(CO[C@@H]3OC(CO)[C@H](O)C(O)[C@@H]3O)[C@H](O)C(O)[C@@H]2O)C(O)[C@@H](O)C(O)[C@H]1O[C@H]1OC(CO)[C@@H](O)C(O)[C@H]1O)OC(=O)CCCCCCCCCCCCCCC. The van der Waals surface area contributed by atoms with Crippen LogP contribution in [0.3, 0.4) is 0 Å². The van der Waals surface area contributed by atoms with Crippen molar-refractivity contribution in [3.63, 3.8) is 0 Å². The molecule has 0 aromatic carbocycles. The summed E-state index contributed by atoms with van der Waals surface area (Å²) in [6.45, 7) is 0.0500. The molecule has 90 heavy (non-hydrogen) atoms. The molecule has 29 heteroatoms. The molecule has 10 unspecified atom stereocenters. The van der Waals surface area contributed by atoms with Crippen LogP contribution in [0.4, 0.5) is 0 Å². The number of allylic oxidation sites excluding steroid dienone is 2. The predicted molar refractivity (Wildman–Crippen MR) is 319 cm³/mol. The van der Waals surface area contributed by atoms with Crippen molar-refractivity contribution in [3.05, 3.63) is 12.2 Å². The summed E-state index contributed by atoms with van der Waals surface area (Å²) >= 11 is 0. The summed E-state index contributed by atoms with van der Waals surface area (Å²) < 4.78 is 69.8. The number of carbonyl (C=O) groups excluding carboxylic acids is 2. The first-order chi connectivity index (χ1) is 43.1. The van der Waals surface area contributed by atoms with Gasteiger partial charge >= 0.3 is 19.8 Å². The summed E-state index contributed by atoms with van der Waals surface area (Å²) in [5.41, 5.74) is 0. The molecule has 0 spiro atoms. The first kappa shape index (κ1) is 80.4. The fourth-order valence-electron chi connectivity index (χ4n) is 11.3. The Morgan fingerprint density at radius 3 is 1.24 bits per heavy atom. The molecule has 0 amide bonds. The maximum absolute atomic E-state index is 14.3. The highest BCUT2D eigenvalue weighted by molar-refractivity contribution is 7.47. The van der Waals surface area contributed by atoms with Gasteiger partial charge in [0.2, 0.25) is 0 Å². The minimum Gasteiger partial charge on any atom is -0.462 e. The van der Waals surface area contributed by atoms with Crippen LogP contribution in [-0.4, -0.2) is 256 Å². The lowest BCUT2D eigenvalue weighted by Crippen LogP contribution is -2.69. The fraction of sp³-hybridized carbons (Fsp3) is 0.934. The van der Waals surface area contributed by atoms with Crippen molar-refractivity contribution in [1.82, 2.24) is 0 Å². The third-order valence-corrected chi connectivity index (χ3v) is 17.9. The lowest BCUT2D eigenvalue weighted by molar-refractivity contribution is -0.364. The second-order valence-corrected chi connectivity index (χ2v) is 25.8. The Balaban J connectivity index is 1.48. The first-order valence-corrected chi connectivity index (χ1v) is 34.5. The van der Waals surface area contributed by atoms with E-state index < -0.39 is 188 Å². The summed E-state index contributed by atoms with van der Waals surface area (Å²) in [7, 11) is -5.75. The molecule has 0 bridgehead atoms. The molecule has 1 saturated carbocycles. The summed E-state index contributed by atoms with van der Waals surface area (Å²) in [6, 6.07) is 0. The third-order valence-electron chi connectivity index (χ3n) is 16.9. The maximum Gasteiger partial charge on any atom is 0.472 e. The van der Waals surface area contributed by atoms with Crippen molar-refractivity contribution in [2.45, 2.75) is 328 Å². The average molecular weight is 1320 g/mol. The lowest BCUT2D eigenvalue weighted by Gasteiger charge is -2.49. The van der Waals surface area contributed by atoms with E-state index in [0.29, 0.717) is 19.3 Å². The number of hydrogen-bond acceptors (Lipinski definition) is 27. The molecule has 28 nitrogen and oxygen atoms in total. The highest BCUT2D eigenvalue weighted by Gasteiger charge is 2.58. The Bertz CT molecular complexity index is 1990. The number of rotatable bonds is 46. The molecule has 3 aliphatic heterocycles. The van der Waals surface area contributed by atoms with E-state index in [1.54, 1.807) is 0 Å². The van der Waals surface area contributed by atoms with Crippen LogP contribution in [0.5, 0.6) is 0 Å². The van der Waals surface area contributed by atoms with Gasteiger partial charge in [-0.15, -0.1) is 0 Å². The summed E-state index contributed by atoms with van der Waals surface area (Å²) in [5, 5.41) is 150. The number of aliphatic hydroxyl groups excluding tert-OH is 14. The van der Waals surface area contributed by atoms with Gasteiger partial charge in [-0.3, -0.25) is 18.6 Å². The van der Waals surface area contributed by atoms with E-state index in [1.807, 2.05) is 0 Å². The van der Waals surface area contributed by atoms with Gasteiger partial charge in [0.15, 0.2) is 25.0 Å². The molecule has 15 N–H and O–H groups in total. The van der Waals surface area contributed by atoms with Gasteiger partial charge in [0.05, 0.1) is 26.4 Å². The van der Waals surface area contributed by atoms with Crippen molar-refractivity contribution < 1.29 is 137 Å². The van der Waals surface area contributed by atoms with E-state index in [2.05, 4.69) is 26.0 Å². The number of phosphoric acid groups is 1. The van der Waals surface area contributed by atoms with E-state index in [4.69, 9.17) is 46.9 Å². The van der Waals surface area contributed by atoms with Gasteiger partial charge in [-0.2, -0.15) is 0 Å². The van der Waals surface area contributed by atoms with E-state index >= 15 is 0 Å². The smallest absolute Gasteiger partial charge is 0.462 e. The van der Waals surface area contributed by atoms with Crippen LogP contribution in [0.1, 0.15) is 194 Å². The standard InChI is InChI=1S/C61H111O28P/c1-3-5-7-9-11-13-15-17-18-20-21-23-25-27-29-31-42(64)80-35-38(83-43(65)32-30-28-26-24-22-19-16-14-12-10-8-6-4-2)36-82-90(78,79)89-58-56(87-60-54(76)48(70)45(67)40(34-63)85-60)51(73)50(72)52(74)57(58)88-61-55(77)49(71)46(68)41(86-61)37-81-59-53(75)47(69)44(66)39(33-62)84-59/h17-18,38-41,44-63,66-77H,3-16,19-37H2,1-2H3,(H,78,79)/b18-17-/t38-,39?,40?,41?,44+,45-,46+,47?,48?,49?,50+,51?,52?,53+,54-,55+,56-,57?,58+,59-,60-,61+/m1/s1. The van der Waals surface area contributed by atoms with Gasteiger partial charge in [-0.1, -0.05) is 154 Å². The number of esters is 2. The quantitative estimate of drug-likeness (QED) is 0.0179. The number of unbranched alkanes of at least 4 members (excludes halogenated alkanes) is 23. The van der Waals surface area contributed by atoms with Gasteiger partial charge < -0.3 is 114 Å². The highest BCUT2D eigenvalue weighted by atomic mass is 31.2. The Morgan fingerprint density at radius 1 is 0.433 bits per heavy atom. The Morgan fingerprint density at radius 2 is 0.800 bits per heavy atom. The Kier molecular flexibility index (Phi) is 39.3. The van der Waals surface area contributed by atoms with Crippen molar-refractivity contribution in [3.8, 4) is 0 Å². The molecule has 3 heterocycles. The fourth-order valence-corrected chi connectivity index (χ4v) is 12.2. The van der Waals surface area contributed by atoms with Gasteiger partial charge in [0.25, 0.3) is 0 Å². The predicted octanol–water partition coefficient (Wildman–Crippen LogP) is 1.75. The summed E-state index contributed by atoms with van der Waals surface area (Å²) in [6.07, 6.45) is -13.7. The van der Waals surface area contributed by atoms with Crippen molar-refractivity contribution in [1.29, 1.82) is 0 Å². The Hall–Kier alpha value is -2.01. The molecule has 528 valence electrons. The van der Waals surface area contributed by atoms with Crippen LogP contribution in [0.25, 0.3) is 0 Å². The van der Waals surface area contributed by atoms with E-state index in [0.717, 1.165) is 64.2 Å². The van der Waals surface area contributed by atoms with E-state index in [1.165, 1.54) is 83.5 Å². The first-order valence-electron chi connectivity index (χ1n) is 33.0. The minimum absolute atomic E-state index is 0.0110. The molecule has 0 radical (unpaired) electrons. The van der Waals surface area contributed by atoms with E-state index in [9.17, 15) is 90.5 Å². The Labute approximate surface area is 529 Å². The number of hydrogen-bond donors (Lipinski definition) is 15. The second-order valence-electron chi connectivity index (χ2n) is 24.4. The molecule has 1 aliphatic carbocycles. The summed E-state index contributed by atoms with van der Waals surface area (Å²) in [4.78, 5) is 37.9. The normalized spacial score (nSPS) is 34.3. The van der Waals surface area contributed by atoms with Crippen LogP contribution in [0.2, 0.25) is 0 Å². The zero-order valence-corrected chi connectivity index (χ0v) is 53.5. The molecule has 0 aromatic heterocycles. The van der Waals surface area contributed by atoms with Crippen LogP contribution in [-0.2, 0) is 61.1 Å². The minimum atomic E-state index is -5.75. The molecule has 23 atom stereocenters. The third kappa shape index (κ3) is 27.2. The highest BCUT2D eigenvalue weighted by Crippen LogP contribution is 2.49. The molecular formula is C61H111O28P. The van der Waals surface area contributed by atoms with Crippen molar-refractivity contribution in [2.75, 3.05) is 33.0 Å². The molecule has 4 aliphatic rings. The largest absolute Gasteiger partial charge is 0.472 e. The van der Waals surface area contributed by atoms with Crippen molar-refractivity contribution in [2.24, 2.45) is 0 Å². The zero-order chi connectivity index (χ0) is 66.2. The van der Waals surface area contributed by atoms with Crippen molar-refractivity contribution >= 4 is 19.8 Å². The maximum atomic E-state index is 14.3. The number of phosphoric ester groups is 1. The van der Waals surface area contributed by atoms with Crippen LogP contribution < -0.4 is 0 Å². The number of carbonyl (C=O) groups is 2. The number of ether oxygens (including phenoxy) is 8. The topological polar surface area (TPSA) is 447 Å². The monoisotopic (exact) mass is 1320 g/mol. The molecular weight excluding hydrogens is 1210 g/mol. The van der Waals surface area contributed by atoms with Crippen LogP contribution in [0.15, 0.2) is 12.2 Å². The van der Waals surface area contributed by atoms with Gasteiger partial charge in [-0.05, 0) is 38.5 Å². The van der Waals surface area contributed by atoms with Gasteiger partial charge in [-0.25, -0.2) is 4.57 Å². The van der Waals surface area contributed by atoms with Gasteiger partial charge in [0.1, 0.15) is 116 Å². The molecule has 4 rings (SSSR count). The van der Waals surface area contributed by atoms with Crippen LogP contribution in [0, 0.1) is 0 Å². The average Bonchev–Trinajstić information content (AvgIpc) is 0.786. The van der Waals surface area contributed by atoms with Gasteiger partial charge in [0, 0.05) is 12.8 Å². The lowest BCUT2D eigenvalue weighted by atomic mass is 9.84. The molecule has 0 aromatic rings. The summed E-state index contributed by atoms with van der Waals surface area (Å²) in [5.74, 6) is -1.41. The second kappa shape index (κ2) is 43.9. The molecule has 4 fully saturated rings.